The zero-order valence-electron chi connectivity index (χ0n) is 41.9. The Morgan fingerprint density at radius 2 is 0.619 bits per heavy atom. The molecule has 1 saturated heterocycles. The van der Waals surface area contributed by atoms with Gasteiger partial charge in [0.1, 0.15) is 5.78 Å². The van der Waals surface area contributed by atoms with Gasteiger partial charge in [0.15, 0.2) is 0 Å². The third-order valence-corrected chi connectivity index (χ3v) is 12.6. The highest BCUT2D eigenvalue weighted by atomic mass is 16.5. The average molecular weight is 894 g/mol. The molecule has 0 unspecified atom stereocenters. The number of rotatable bonds is 36. The summed E-state index contributed by atoms with van der Waals surface area (Å²) < 4.78 is 23.4. The molecule has 0 N–H and O–H groups in total. The fraction of sp³-hybridized carbons (Fsp3) is 0.943. The molecule has 1 aliphatic heterocycles. The van der Waals surface area contributed by atoms with Crippen LogP contribution in [0.2, 0.25) is 0 Å². The van der Waals surface area contributed by atoms with E-state index in [-0.39, 0.29) is 24.1 Å². The van der Waals surface area contributed by atoms with Crippen LogP contribution in [0.1, 0.15) is 233 Å². The largest absolute Gasteiger partial charge is 0.377 e. The molecule has 1 rings (SSSR count). The van der Waals surface area contributed by atoms with Gasteiger partial charge < -0.3 is 33.6 Å². The first-order chi connectivity index (χ1) is 31.0. The van der Waals surface area contributed by atoms with Crippen LogP contribution in [0.5, 0.6) is 0 Å². The molecule has 0 saturated carbocycles. The van der Waals surface area contributed by atoms with Crippen LogP contribution in [-0.4, -0.2) is 125 Å². The Kier molecular flexibility index (Phi) is 44.0. The summed E-state index contributed by atoms with van der Waals surface area (Å²) in [5.74, 6) is -0.362. The Balaban J connectivity index is 2.54. The average Bonchev–Trinajstić information content (AvgIpc) is 3.27. The van der Waals surface area contributed by atoms with Gasteiger partial charge in [-0.3, -0.25) is 9.59 Å². The van der Waals surface area contributed by atoms with Crippen LogP contribution in [-0.2, 0) is 28.5 Å². The topological polar surface area (TPSA) is 97.9 Å². The van der Waals surface area contributed by atoms with Crippen LogP contribution < -0.4 is 0 Å². The van der Waals surface area contributed by atoms with E-state index in [1.807, 2.05) is 4.90 Å². The fourth-order valence-corrected chi connectivity index (χ4v) is 8.54. The maximum atomic E-state index is 14.2. The highest BCUT2D eigenvalue weighted by Crippen LogP contribution is 2.17. The Hall–Kier alpha value is -1.75. The second-order valence-electron chi connectivity index (χ2n) is 18.6. The van der Waals surface area contributed by atoms with E-state index < -0.39 is 0 Å². The molecule has 0 atom stereocenters. The van der Waals surface area contributed by atoms with Gasteiger partial charge in [-0.15, -0.1) is 0 Å². The summed E-state index contributed by atoms with van der Waals surface area (Å²) in [4.78, 5) is 43.9. The zero-order valence-corrected chi connectivity index (χ0v) is 41.9. The summed E-state index contributed by atoms with van der Waals surface area (Å²) in [7, 11) is 0. The van der Waals surface area contributed by atoms with E-state index in [4.69, 9.17) is 18.9 Å². The molecular weight excluding hydrogens is 791 g/mol. The normalized spacial score (nSPS) is 15.3. The third-order valence-electron chi connectivity index (χ3n) is 12.6. The SMILES string of the molecule is CCCCCCCCCCCCCCCCCCN(CCCCCCCCCCCCCCCCCC)C(=O)N1CCOCCOCCN(C(=O)CC(C)=O)CCOCCOCC1. The number of amides is 3. The number of carbonyl (C=O) groups is 3. The van der Waals surface area contributed by atoms with Crippen molar-refractivity contribution in [1.82, 2.24) is 14.7 Å². The van der Waals surface area contributed by atoms with E-state index >= 15 is 0 Å². The minimum absolute atomic E-state index is 0.0985. The van der Waals surface area contributed by atoms with Crippen molar-refractivity contribution >= 4 is 17.7 Å². The van der Waals surface area contributed by atoms with Gasteiger partial charge in [0.2, 0.25) is 5.91 Å². The summed E-state index contributed by atoms with van der Waals surface area (Å²) in [6.07, 6.45) is 42.9. The Morgan fingerprint density at radius 1 is 0.365 bits per heavy atom. The molecule has 3 amide bonds. The van der Waals surface area contributed by atoms with E-state index in [1.54, 1.807) is 4.90 Å². The van der Waals surface area contributed by atoms with Crippen LogP contribution in [0.4, 0.5) is 4.79 Å². The fourth-order valence-electron chi connectivity index (χ4n) is 8.54. The highest BCUT2D eigenvalue weighted by molar-refractivity contribution is 5.96. The van der Waals surface area contributed by atoms with E-state index in [0.717, 1.165) is 25.9 Å². The second kappa shape index (κ2) is 46.8. The Bertz CT molecular complexity index is 961. The van der Waals surface area contributed by atoms with Crippen LogP contribution in [0, 0.1) is 0 Å². The lowest BCUT2D eigenvalue weighted by molar-refractivity contribution is -0.136. The van der Waals surface area contributed by atoms with Gasteiger partial charge in [-0.1, -0.05) is 206 Å². The van der Waals surface area contributed by atoms with E-state index in [9.17, 15) is 14.4 Å². The molecular formula is C53H103N3O7. The number of ether oxygens (including phenoxy) is 4. The molecule has 1 fully saturated rings. The lowest BCUT2D eigenvalue weighted by Crippen LogP contribution is -2.46. The molecule has 1 heterocycles. The maximum absolute atomic E-state index is 14.2. The van der Waals surface area contributed by atoms with E-state index in [0.29, 0.717) is 79.0 Å². The lowest BCUT2D eigenvalue weighted by Gasteiger charge is -2.31. The molecule has 0 radical (unpaired) electrons. The van der Waals surface area contributed by atoms with Gasteiger partial charge >= 0.3 is 6.03 Å². The van der Waals surface area contributed by atoms with Crippen molar-refractivity contribution in [3.63, 3.8) is 0 Å². The summed E-state index contributed by atoms with van der Waals surface area (Å²) in [6, 6.07) is 0.0985. The van der Waals surface area contributed by atoms with Crippen molar-refractivity contribution in [2.75, 3.05) is 92.1 Å². The molecule has 0 aliphatic carbocycles. The standard InChI is InChI=1S/C53H103N3O7/c1-4-6-8-10-12-14-16-18-20-22-24-26-28-30-32-34-36-55(37-35-33-31-29-27-25-23-21-19-17-15-13-11-9-7-5-2)53(59)56-40-44-62-48-46-60-42-38-54(52(58)50-51(3)57)39-43-61-47-49-63-45-41-56/h4-50H2,1-3H3. The molecule has 0 aromatic rings. The molecule has 0 aromatic carbocycles. The number of nitrogens with zero attached hydrogens (tertiary/aromatic N) is 3. The van der Waals surface area contributed by atoms with Gasteiger partial charge in [0, 0.05) is 39.3 Å². The van der Waals surface area contributed by atoms with Crippen molar-refractivity contribution in [1.29, 1.82) is 0 Å². The van der Waals surface area contributed by atoms with E-state index in [1.165, 1.54) is 200 Å². The van der Waals surface area contributed by atoms with Crippen molar-refractivity contribution < 1.29 is 33.3 Å². The number of ketones is 1. The van der Waals surface area contributed by atoms with Crippen LogP contribution in [0.3, 0.4) is 0 Å². The van der Waals surface area contributed by atoms with Crippen LogP contribution >= 0.6 is 0 Å². The summed E-state index contributed by atoms with van der Waals surface area (Å²) in [6.45, 7) is 12.6. The highest BCUT2D eigenvalue weighted by Gasteiger charge is 2.21. The van der Waals surface area contributed by atoms with Crippen molar-refractivity contribution in [3.8, 4) is 0 Å². The zero-order chi connectivity index (χ0) is 45.5. The number of hydrogen-bond acceptors (Lipinski definition) is 7. The molecule has 0 bridgehead atoms. The first-order valence-electron chi connectivity index (χ1n) is 27.1. The number of hydrogen-bond donors (Lipinski definition) is 0. The van der Waals surface area contributed by atoms with Crippen molar-refractivity contribution in [2.45, 2.75) is 233 Å². The van der Waals surface area contributed by atoms with Gasteiger partial charge in [0.25, 0.3) is 0 Å². The molecule has 0 aromatic heterocycles. The smallest absolute Gasteiger partial charge is 0.320 e. The molecule has 372 valence electrons. The van der Waals surface area contributed by atoms with Crippen molar-refractivity contribution in [2.24, 2.45) is 0 Å². The number of unbranched alkanes of at least 4 members (excludes halogenated alkanes) is 30. The summed E-state index contributed by atoms with van der Waals surface area (Å²) in [5.41, 5.74) is 0. The second-order valence-corrected chi connectivity index (χ2v) is 18.6. The van der Waals surface area contributed by atoms with E-state index in [2.05, 4.69) is 18.7 Å². The first kappa shape index (κ1) is 59.3. The number of urea groups is 1. The third kappa shape index (κ3) is 39.2. The Morgan fingerprint density at radius 3 is 0.889 bits per heavy atom. The summed E-state index contributed by atoms with van der Waals surface area (Å²) in [5, 5.41) is 0. The minimum Gasteiger partial charge on any atom is -0.377 e. The Labute approximate surface area is 389 Å². The van der Waals surface area contributed by atoms with Gasteiger partial charge in [-0.2, -0.15) is 0 Å². The lowest BCUT2D eigenvalue weighted by atomic mass is 10.0. The maximum Gasteiger partial charge on any atom is 0.320 e. The quantitative estimate of drug-likeness (QED) is 0.0456. The van der Waals surface area contributed by atoms with Gasteiger partial charge in [-0.25, -0.2) is 4.79 Å². The first-order valence-corrected chi connectivity index (χ1v) is 27.1. The van der Waals surface area contributed by atoms with Gasteiger partial charge in [0.05, 0.1) is 59.3 Å². The number of Topliss-reactive ketones (excluding diaryl/α,β-unsaturated/α-hetero) is 1. The predicted molar refractivity (Wildman–Crippen MR) is 263 cm³/mol. The van der Waals surface area contributed by atoms with Crippen LogP contribution in [0.25, 0.3) is 0 Å². The molecule has 1 aliphatic rings. The summed E-state index contributed by atoms with van der Waals surface area (Å²) >= 11 is 0. The minimum atomic E-state index is -0.208. The predicted octanol–water partition coefficient (Wildman–Crippen LogP) is 13.1. The molecule has 10 heteroatoms. The monoisotopic (exact) mass is 894 g/mol. The van der Waals surface area contributed by atoms with Crippen molar-refractivity contribution in [3.05, 3.63) is 0 Å². The van der Waals surface area contributed by atoms with Gasteiger partial charge in [-0.05, 0) is 19.8 Å². The van der Waals surface area contributed by atoms with Crippen LogP contribution in [0.15, 0.2) is 0 Å². The molecule has 0 spiro atoms. The molecule has 10 nitrogen and oxygen atoms in total. The number of carbonyl (C=O) groups excluding carboxylic acids is 3. The molecule has 63 heavy (non-hydrogen) atoms.